The summed E-state index contributed by atoms with van der Waals surface area (Å²) in [6, 6.07) is 4.01. The van der Waals surface area contributed by atoms with E-state index in [0.717, 1.165) is 5.76 Å². The minimum Gasteiger partial charge on any atom is -0.469 e. The van der Waals surface area contributed by atoms with Crippen molar-refractivity contribution in [1.29, 1.82) is 0 Å². The van der Waals surface area contributed by atoms with Gasteiger partial charge in [-0.2, -0.15) is 0 Å². The summed E-state index contributed by atoms with van der Waals surface area (Å²) >= 11 is 0. The van der Waals surface area contributed by atoms with Gasteiger partial charge in [0, 0.05) is 5.92 Å². The molecule has 1 aromatic heterocycles. The van der Waals surface area contributed by atoms with Crippen LogP contribution in [-0.4, -0.2) is 0 Å². The van der Waals surface area contributed by atoms with E-state index in [0.29, 0.717) is 5.92 Å². The minimum atomic E-state index is 0.620. The molecule has 70 valence electrons. The second-order valence-corrected chi connectivity index (χ2v) is 2.53. The van der Waals surface area contributed by atoms with Gasteiger partial charge in [-0.3, -0.25) is 0 Å². The zero-order chi connectivity index (χ0) is 9.40. The van der Waals surface area contributed by atoms with Crippen LogP contribution in [0, 0.1) is 0 Å². The van der Waals surface area contributed by atoms with E-state index < -0.39 is 0 Å². The lowest BCUT2D eigenvalue weighted by Crippen LogP contribution is -1.91. The fourth-order valence-corrected chi connectivity index (χ4v) is 1.21. The first-order chi connectivity index (χ1) is 5.88. The van der Waals surface area contributed by atoms with Crippen LogP contribution in [0.3, 0.4) is 0 Å². The summed E-state index contributed by atoms with van der Waals surface area (Å²) in [5.41, 5.74) is 0. The Morgan fingerprint density at radius 2 is 1.83 bits per heavy atom. The lowest BCUT2D eigenvalue weighted by Gasteiger charge is -2.06. The third kappa shape index (κ3) is 3.12. The predicted molar refractivity (Wildman–Crippen MR) is 53.4 cm³/mol. The van der Waals surface area contributed by atoms with Crippen molar-refractivity contribution in [2.45, 2.75) is 46.5 Å². The summed E-state index contributed by atoms with van der Waals surface area (Å²) in [5, 5.41) is 0. The molecule has 0 aliphatic heterocycles. The number of hydrogen-bond donors (Lipinski definition) is 0. The first kappa shape index (κ1) is 11.3. The maximum Gasteiger partial charge on any atom is 0.106 e. The molecule has 0 N–H and O–H groups in total. The highest BCUT2D eigenvalue weighted by molar-refractivity contribution is 5.04. The van der Waals surface area contributed by atoms with E-state index in [1.165, 1.54) is 12.8 Å². The van der Waals surface area contributed by atoms with Crippen molar-refractivity contribution < 1.29 is 4.42 Å². The van der Waals surface area contributed by atoms with Crippen molar-refractivity contribution >= 4 is 0 Å². The molecule has 0 amide bonds. The highest BCUT2D eigenvalue weighted by Gasteiger charge is 2.07. The molecule has 1 rings (SSSR count). The van der Waals surface area contributed by atoms with Gasteiger partial charge in [-0.1, -0.05) is 27.7 Å². The first-order valence-electron chi connectivity index (χ1n) is 4.91. The molecule has 1 heterocycles. The Bertz CT molecular complexity index is 161. The highest BCUT2D eigenvalue weighted by Crippen LogP contribution is 2.22. The largest absolute Gasteiger partial charge is 0.469 e. The lowest BCUT2D eigenvalue weighted by molar-refractivity contribution is 0.447. The normalized spacial score (nSPS) is 9.42. The quantitative estimate of drug-likeness (QED) is 0.659. The Labute approximate surface area is 75.8 Å². The van der Waals surface area contributed by atoms with E-state index in [1.54, 1.807) is 6.26 Å². The minimum absolute atomic E-state index is 0.620. The van der Waals surface area contributed by atoms with Gasteiger partial charge in [-0.05, 0) is 25.0 Å². The van der Waals surface area contributed by atoms with Gasteiger partial charge >= 0.3 is 0 Å². The van der Waals surface area contributed by atoms with Gasteiger partial charge in [0.15, 0.2) is 0 Å². The van der Waals surface area contributed by atoms with Crippen molar-refractivity contribution in [1.82, 2.24) is 0 Å². The zero-order valence-electron chi connectivity index (χ0n) is 8.63. The topological polar surface area (TPSA) is 13.1 Å². The van der Waals surface area contributed by atoms with Gasteiger partial charge in [0.05, 0.1) is 6.26 Å². The summed E-state index contributed by atoms with van der Waals surface area (Å²) in [6.07, 6.45) is 4.09. The maximum absolute atomic E-state index is 5.28. The Balaban J connectivity index is 0.000000561. The van der Waals surface area contributed by atoms with Crippen LogP contribution >= 0.6 is 0 Å². The summed E-state index contributed by atoms with van der Waals surface area (Å²) < 4.78 is 5.28. The Morgan fingerprint density at radius 1 is 1.25 bits per heavy atom. The standard InChI is InChI=1S/C9H14O.C2H6/c1-3-8(4-2)9-6-5-7-10-9;1-2/h5-8H,3-4H2,1-2H3;1-2H3. The van der Waals surface area contributed by atoms with Gasteiger partial charge in [-0.25, -0.2) is 0 Å². The molecule has 0 aliphatic carbocycles. The monoisotopic (exact) mass is 168 g/mol. The number of furan rings is 1. The maximum atomic E-state index is 5.28. The van der Waals surface area contributed by atoms with Gasteiger partial charge in [0.1, 0.15) is 5.76 Å². The fourth-order valence-electron chi connectivity index (χ4n) is 1.21. The van der Waals surface area contributed by atoms with E-state index >= 15 is 0 Å². The first-order valence-corrected chi connectivity index (χ1v) is 4.91. The average Bonchev–Trinajstić information content (AvgIpc) is 2.64. The van der Waals surface area contributed by atoms with E-state index in [9.17, 15) is 0 Å². The molecular weight excluding hydrogens is 148 g/mol. The molecular formula is C11H20O. The van der Waals surface area contributed by atoms with E-state index in [-0.39, 0.29) is 0 Å². The van der Waals surface area contributed by atoms with E-state index in [1.807, 2.05) is 19.9 Å². The van der Waals surface area contributed by atoms with Crippen molar-refractivity contribution in [2.75, 3.05) is 0 Å². The second kappa shape index (κ2) is 6.96. The van der Waals surface area contributed by atoms with Crippen molar-refractivity contribution in [2.24, 2.45) is 0 Å². The van der Waals surface area contributed by atoms with Crippen LogP contribution in [0.2, 0.25) is 0 Å². The summed E-state index contributed by atoms with van der Waals surface area (Å²) in [7, 11) is 0. The average molecular weight is 168 g/mol. The molecule has 0 fully saturated rings. The van der Waals surface area contributed by atoms with Crippen LogP contribution in [0.5, 0.6) is 0 Å². The molecule has 0 atom stereocenters. The zero-order valence-corrected chi connectivity index (χ0v) is 8.63. The molecule has 0 spiro atoms. The Morgan fingerprint density at radius 3 is 2.17 bits per heavy atom. The molecule has 1 heteroatoms. The summed E-state index contributed by atoms with van der Waals surface area (Å²) in [5.74, 6) is 1.75. The highest BCUT2D eigenvalue weighted by atomic mass is 16.3. The van der Waals surface area contributed by atoms with Crippen LogP contribution in [0.1, 0.15) is 52.2 Å². The van der Waals surface area contributed by atoms with Crippen LogP contribution in [-0.2, 0) is 0 Å². The van der Waals surface area contributed by atoms with Crippen LogP contribution in [0.25, 0.3) is 0 Å². The summed E-state index contributed by atoms with van der Waals surface area (Å²) in [6.45, 7) is 8.38. The molecule has 0 saturated carbocycles. The van der Waals surface area contributed by atoms with Gasteiger partial charge in [0.2, 0.25) is 0 Å². The molecule has 12 heavy (non-hydrogen) atoms. The van der Waals surface area contributed by atoms with Crippen molar-refractivity contribution in [3.05, 3.63) is 24.2 Å². The lowest BCUT2D eigenvalue weighted by atomic mass is 10.0. The molecule has 0 aliphatic rings. The molecule has 0 bridgehead atoms. The second-order valence-electron chi connectivity index (χ2n) is 2.53. The third-order valence-corrected chi connectivity index (χ3v) is 1.93. The van der Waals surface area contributed by atoms with Gasteiger partial charge < -0.3 is 4.42 Å². The van der Waals surface area contributed by atoms with E-state index in [4.69, 9.17) is 4.42 Å². The van der Waals surface area contributed by atoms with Crippen molar-refractivity contribution in [3.63, 3.8) is 0 Å². The van der Waals surface area contributed by atoms with Crippen LogP contribution < -0.4 is 0 Å². The number of hydrogen-bond acceptors (Lipinski definition) is 1. The van der Waals surface area contributed by atoms with Crippen LogP contribution in [0.4, 0.5) is 0 Å². The van der Waals surface area contributed by atoms with Crippen molar-refractivity contribution in [3.8, 4) is 0 Å². The molecule has 0 unspecified atom stereocenters. The Hall–Kier alpha value is -0.720. The predicted octanol–water partition coefficient (Wildman–Crippen LogP) is 4.21. The van der Waals surface area contributed by atoms with E-state index in [2.05, 4.69) is 19.9 Å². The van der Waals surface area contributed by atoms with Gasteiger partial charge in [0.25, 0.3) is 0 Å². The van der Waals surface area contributed by atoms with Crippen LogP contribution in [0.15, 0.2) is 22.8 Å². The molecule has 0 radical (unpaired) electrons. The third-order valence-electron chi connectivity index (χ3n) is 1.93. The molecule has 1 aromatic rings. The molecule has 0 saturated heterocycles. The van der Waals surface area contributed by atoms with Gasteiger partial charge in [-0.15, -0.1) is 0 Å². The fraction of sp³-hybridized carbons (Fsp3) is 0.636. The molecule has 0 aromatic carbocycles. The SMILES string of the molecule is CC.CCC(CC)c1ccco1. The smallest absolute Gasteiger partial charge is 0.106 e. The number of rotatable bonds is 3. The Kier molecular flexibility index (Phi) is 6.54. The summed E-state index contributed by atoms with van der Waals surface area (Å²) in [4.78, 5) is 0. The molecule has 1 nitrogen and oxygen atoms in total.